The number of rotatable bonds is 7. The number of fused-ring (bicyclic) bond motifs is 1. The highest BCUT2D eigenvalue weighted by atomic mass is 16.2. The first-order chi connectivity index (χ1) is 15.6. The maximum atomic E-state index is 13.0. The van der Waals surface area contributed by atoms with Crippen LogP contribution < -0.4 is 10.6 Å². The molecule has 2 N–H and O–H groups in total. The molecule has 1 unspecified atom stereocenters. The Morgan fingerprint density at radius 2 is 1.62 bits per heavy atom. The molecule has 0 bridgehead atoms. The molecule has 0 radical (unpaired) electrons. The van der Waals surface area contributed by atoms with Crippen molar-refractivity contribution in [2.24, 2.45) is 0 Å². The second kappa shape index (κ2) is 9.47. The summed E-state index contributed by atoms with van der Waals surface area (Å²) in [6, 6.07) is 24.1. The van der Waals surface area contributed by atoms with E-state index in [1.165, 1.54) is 0 Å². The van der Waals surface area contributed by atoms with Crippen LogP contribution in [0.5, 0.6) is 0 Å². The molecule has 32 heavy (non-hydrogen) atoms. The smallest absolute Gasteiger partial charge is 0.251 e. The number of nitrogens with one attached hydrogen (secondary N) is 2. The predicted molar refractivity (Wildman–Crippen MR) is 127 cm³/mol. The Hall–Kier alpha value is -3.93. The van der Waals surface area contributed by atoms with E-state index >= 15 is 0 Å². The average Bonchev–Trinajstić information content (AvgIpc) is 3.18. The van der Waals surface area contributed by atoms with E-state index < -0.39 is 0 Å². The van der Waals surface area contributed by atoms with Gasteiger partial charge < -0.3 is 15.2 Å². The number of aromatic nitrogens is 2. The summed E-state index contributed by atoms with van der Waals surface area (Å²) in [4.78, 5) is 30.3. The van der Waals surface area contributed by atoms with E-state index in [4.69, 9.17) is 4.98 Å². The van der Waals surface area contributed by atoms with Gasteiger partial charge in [0.1, 0.15) is 12.4 Å². The lowest BCUT2D eigenvalue weighted by Gasteiger charge is -2.17. The molecule has 1 atom stereocenters. The summed E-state index contributed by atoms with van der Waals surface area (Å²) in [6.07, 6.45) is 0.832. The van der Waals surface area contributed by atoms with Gasteiger partial charge >= 0.3 is 0 Å². The monoisotopic (exact) mass is 426 g/mol. The number of anilines is 1. The molecule has 0 fully saturated rings. The van der Waals surface area contributed by atoms with Gasteiger partial charge in [0.2, 0.25) is 5.91 Å². The fourth-order valence-corrected chi connectivity index (χ4v) is 3.81. The molecule has 4 rings (SSSR count). The quantitative estimate of drug-likeness (QED) is 0.449. The van der Waals surface area contributed by atoms with Crippen LogP contribution in [-0.2, 0) is 17.8 Å². The van der Waals surface area contributed by atoms with Crippen LogP contribution in [0.4, 0.5) is 5.69 Å². The Balaban J connectivity index is 1.60. The minimum atomic E-state index is -0.383. The topological polar surface area (TPSA) is 76.0 Å². The highest BCUT2D eigenvalue weighted by Crippen LogP contribution is 2.22. The molecule has 0 saturated heterocycles. The first-order valence-corrected chi connectivity index (χ1v) is 10.8. The molecular formula is C26H26N4O2. The number of carbonyl (C=O) groups excluding carboxylic acids is 2. The summed E-state index contributed by atoms with van der Waals surface area (Å²) >= 11 is 0. The van der Waals surface area contributed by atoms with Gasteiger partial charge in [0, 0.05) is 11.3 Å². The van der Waals surface area contributed by atoms with Gasteiger partial charge in [0.15, 0.2) is 0 Å². The first-order valence-electron chi connectivity index (χ1n) is 10.8. The van der Waals surface area contributed by atoms with Crippen LogP contribution in [0.3, 0.4) is 0 Å². The van der Waals surface area contributed by atoms with Gasteiger partial charge in [-0.3, -0.25) is 9.59 Å². The third-order valence-corrected chi connectivity index (χ3v) is 5.43. The predicted octanol–water partition coefficient (Wildman–Crippen LogP) is 4.73. The number of nitrogens with zero attached hydrogens (tertiary/aromatic N) is 2. The number of aryl methyl sites for hydroxylation is 1. The van der Waals surface area contributed by atoms with Crippen LogP contribution in [0, 0.1) is 0 Å². The zero-order valence-corrected chi connectivity index (χ0v) is 18.2. The van der Waals surface area contributed by atoms with Gasteiger partial charge in [-0.15, -0.1) is 0 Å². The second-order valence-corrected chi connectivity index (χ2v) is 7.66. The number of amides is 2. The highest BCUT2D eigenvalue weighted by Gasteiger charge is 2.20. The van der Waals surface area contributed by atoms with Crippen molar-refractivity contribution in [2.75, 3.05) is 5.32 Å². The molecule has 0 saturated carbocycles. The van der Waals surface area contributed by atoms with E-state index in [1.807, 2.05) is 78.2 Å². The molecule has 1 aromatic heterocycles. The molecule has 6 heteroatoms. The Morgan fingerprint density at radius 3 is 2.41 bits per heavy atom. The third-order valence-electron chi connectivity index (χ3n) is 5.43. The SMILES string of the molecule is CCc1ccccc1NC(=O)Cn1c(C(C)NC(=O)c2ccccc2)nc2ccccc21. The molecule has 2 amide bonds. The van der Waals surface area contributed by atoms with Gasteiger partial charge in [0.25, 0.3) is 5.91 Å². The third kappa shape index (κ3) is 4.54. The van der Waals surface area contributed by atoms with Gasteiger partial charge in [-0.05, 0) is 49.2 Å². The van der Waals surface area contributed by atoms with Crippen LogP contribution in [0.25, 0.3) is 11.0 Å². The maximum absolute atomic E-state index is 13.0. The van der Waals surface area contributed by atoms with Crippen molar-refractivity contribution in [1.29, 1.82) is 0 Å². The van der Waals surface area contributed by atoms with E-state index in [0.29, 0.717) is 11.4 Å². The Labute approximate surface area is 187 Å². The lowest BCUT2D eigenvalue weighted by molar-refractivity contribution is -0.116. The zero-order valence-electron chi connectivity index (χ0n) is 18.2. The molecular weight excluding hydrogens is 400 g/mol. The fraction of sp³-hybridized carbons (Fsp3) is 0.192. The largest absolute Gasteiger partial charge is 0.342 e. The second-order valence-electron chi connectivity index (χ2n) is 7.66. The Kier molecular flexibility index (Phi) is 6.31. The van der Waals surface area contributed by atoms with Crippen LogP contribution in [0.1, 0.15) is 41.6 Å². The summed E-state index contributed by atoms with van der Waals surface area (Å²) in [6.45, 7) is 4.03. The van der Waals surface area contributed by atoms with E-state index in [0.717, 1.165) is 28.7 Å². The van der Waals surface area contributed by atoms with Crippen LogP contribution in [0.2, 0.25) is 0 Å². The van der Waals surface area contributed by atoms with Crippen molar-refractivity contribution in [1.82, 2.24) is 14.9 Å². The van der Waals surface area contributed by atoms with Crippen molar-refractivity contribution in [3.05, 3.63) is 95.8 Å². The van der Waals surface area contributed by atoms with E-state index in [-0.39, 0.29) is 24.4 Å². The summed E-state index contributed by atoms with van der Waals surface area (Å²) in [5, 5.41) is 6.02. The molecule has 0 aliphatic heterocycles. The molecule has 4 aromatic rings. The number of para-hydroxylation sites is 3. The molecule has 162 valence electrons. The maximum Gasteiger partial charge on any atom is 0.251 e. The van der Waals surface area contributed by atoms with Crippen molar-refractivity contribution in [3.8, 4) is 0 Å². The Morgan fingerprint density at radius 1 is 0.938 bits per heavy atom. The molecule has 6 nitrogen and oxygen atoms in total. The van der Waals surface area contributed by atoms with E-state index in [1.54, 1.807) is 12.1 Å². The summed E-state index contributed by atoms with van der Waals surface area (Å²) in [5.74, 6) is 0.310. The van der Waals surface area contributed by atoms with Crippen LogP contribution in [-0.4, -0.2) is 21.4 Å². The number of imidazole rings is 1. The number of hydrogen-bond donors (Lipinski definition) is 2. The Bertz CT molecular complexity index is 1250. The normalized spacial score (nSPS) is 11.8. The van der Waals surface area contributed by atoms with E-state index in [9.17, 15) is 9.59 Å². The summed E-state index contributed by atoms with van der Waals surface area (Å²) < 4.78 is 1.87. The molecule has 0 spiro atoms. The van der Waals surface area contributed by atoms with Crippen molar-refractivity contribution in [3.63, 3.8) is 0 Å². The molecule has 1 heterocycles. The van der Waals surface area contributed by atoms with Crippen LogP contribution >= 0.6 is 0 Å². The lowest BCUT2D eigenvalue weighted by atomic mass is 10.1. The van der Waals surface area contributed by atoms with Gasteiger partial charge in [0.05, 0.1) is 17.1 Å². The summed E-state index contributed by atoms with van der Waals surface area (Å²) in [5.41, 5.74) is 4.11. The number of carbonyl (C=O) groups is 2. The van der Waals surface area contributed by atoms with Crippen molar-refractivity contribution in [2.45, 2.75) is 32.9 Å². The highest BCUT2D eigenvalue weighted by molar-refractivity contribution is 5.94. The average molecular weight is 427 g/mol. The van der Waals surface area contributed by atoms with Crippen molar-refractivity contribution < 1.29 is 9.59 Å². The summed E-state index contributed by atoms with van der Waals surface area (Å²) in [7, 11) is 0. The van der Waals surface area contributed by atoms with Crippen molar-refractivity contribution >= 4 is 28.5 Å². The standard InChI is InChI=1S/C26H26N4O2/c1-3-19-11-7-8-14-21(19)28-24(31)17-30-23-16-10-9-15-22(23)29-25(30)18(2)27-26(32)20-12-5-4-6-13-20/h4-16,18H,3,17H2,1-2H3,(H,27,32)(H,28,31). The zero-order chi connectivity index (χ0) is 22.5. The number of hydrogen-bond acceptors (Lipinski definition) is 3. The fourth-order valence-electron chi connectivity index (χ4n) is 3.81. The van der Waals surface area contributed by atoms with Crippen LogP contribution in [0.15, 0.2) is 78.9 Å². The molecule has 3 aromatic carbocycles. The van der Waals surface area contributed by atoms with Gasteiger partial charge in [-0.2, -0.15) is 0 Å². The molecule has 0 aliphatic carbocycles. The molecule has 0 aliphatic rings. The van der Waals surface area contributed by atoms with Gasteiger partial charge in [-0.25, -0.2) is 4.98 Å². The minimum Gasteiger partial charge on any atom is -0.342 e. The van der Waals surface area contributed by atoms with E-state index in [2.05, 4.69) is 17.6 Å². The van der Waals surface area contributed by atoms with Gasteiger partial charge in [-0.1, -0.05) is 55.5 Å². The minimum absolute atomic E-state index is 0.0967. The first kappa shape index (κ1) is 21.3. The number of benzene rings is 3. The lowest BCUT2D eigenvalue weighted by Crippen LogP contribution is -2.30.